The lowest BCUT2D eigenvalue weighted by molar-refractivity contribution is -0.115. The molecule has 0 spiro atoms. The number of oxime groups is 1. The predicted octanol–water partition coefficient (Wildman–Crippen LogP) is 2.21. The molecule has 0 saturated heterocycles. The van der Waals surface area contributed by atoms with Gasteiger partial charge in [-0.2, -0.15) is 0 Å². The number of amides is 1. The molecule has 0 bridgehead atoms. The third-order valence-electron chi connectivity index (χ3n) is 1.74. The molecule has 0 fully saturated rings. The van der Waals surface area contributed by atoms with Crippen LogP contribution >= 0.6 is 23.2 Å². The van der Waals surface area contributed by atoms with E-state index in [4.69, 9.17) is 34.1 Å². The van der Waals surface area contributed by atoms with Crippen molar-refractivity contribution in [3.8, 4) is 0 Å². The minimum Gasteiger partial charge on any atom is -0.409 e. The van der Waals surface area contributed by atoms with E-state index >= 15 is 0 Å². The molecule has 0 aliphatic rings. The predicted molar refractivity (Wildman–Crippen MR) is 63.1 cm³/mol. The number of hydrogen-bond acceptors (Lipinski definition) is 3. The molecule has 4 N–H and O–H groups in total. The number of halogens is 3. The highest BCUT2D eigenvalue weighted by Gasteiger charge is 2.12. The molecule has 1 rings (SSSR count). The van der Waals surface area contributed by atoms with Gasteiger partial charge in [0.25, 0.3) is 0 Å². The Morgan fingerprint density at radius 2 is 2.00 bits per heavy atom. The summed E-state index contributed by atoms with van der Waals surface area (Å²) >= 11 is 11.4. The minimum atomic E-state index is -0.616. The number of nitrogens with two attached hydrogens (primary N) is 1. The molecule has 0 radical (unpaired) electrons. The van der Waals surface area contributed by atoms with Gasteiger partial charge in [0.15, 0.2) is 0 Å². The number of rotatable bonds is 3. The van der Waals surface area contributed by atoms with Crippen molar-refractivity contribution in [3.05, 3.63) is 28.0 Å². The number of carbonyl (C=O) groups is 1. The molecule has 0 saturated carbocycles. The van der Waals surface area contributed by atoms with Crippen LogP contribution in [0.3, 0.4) is 0 Å². The zero-order valence-electron chi connectivity index (χ0n) is 8.38. The Hall–Kier alpha value is -1.53. The smallest absolute Gasteiger partial charge is 0.232 e. The minimum absolute atomic E-state index is 0.0390. The van der Waals surface area contributed by atoms with Crippen molar-refractivity contribution in [2.45, 2.75) is 6.42 Å². The lowest BCUT2D eigenvalue weighted by atomic mass is 10.3. The summed E-state index contributed by atoms with van der Waals surface area (Å²) in [5.41, 5.74) is 5.22. The van der Waals surface area contributed by atoms with Crippen molar-refractivity contribution in [1.82, 2.24) is 0 Å². The molecule has 0 atom stereocenters. The molecular formula is C9H8Cl2FN3O2. The average Bonchev–Trinajstić information content (AvgIpc) is 2.23. The SMILES string of the molecule is NC(CC(=O)Nc1c(Cl)cc(F)cc1Cl)=NO. The van der Waals surface area contributed by atoms with Gasteiger partial charge in [0.05, 0.1) is 22.2 Å². The Balaban J connectivity index is 2.85. The molecule has 1 aromatic carbocycles. The molecule has 92 valence electrons. The summed E-state index contributed by atoms with van der Waals surface area (Å²) in [4.78, 5) is 11.4. The van der Waals surface area contributed by atoms with Gasteiger partial charge < -0.3 is 16.3 Å². The van der Waals surface area contributed by atoms with Crippen LogP contribution in [0.15, 0.2) is 17.3 Å². The Morgan fingerprint density at radius 3 is 2.47 bits per heavy atom. The van der Waals surface area contributed by atoms with E-state index in [-0.39, 0.29) is 28.0 Å². The topological polar surface area (TPSA) is 87.7 Å². The summed E-state index contributed by atoms with van der Waals surface area (Å²) in [6, 6.07) is 2.01. The first-order valence-electron chi connectivity index (χ1n) is 4.35. The van der Waals surface area contributed by atoms with Crippen molar-refractivity contribution in [2.75, 3.05) is 5.32 Å². The number of nitrogens with zero attached hydrogens (tertiary/aromatic N) is 1. The lowest BCUT2D eigenvalue weighted by Crippen LogP contribution is -2.22. The summed E-state index contributed by atoms with van der Waals surface area (Å²) < 4.78 is 12.9. The van der Waals surface area contributed by atoms with Crippen molar-refractivity contribution >= 4 is 40.6 Å². The van der Waals surface area contributed by atoms with Gasteiger partial charge in [-0.05, 0) is 12.1 Å². The van der Waals surface area contributed by atoms with Crippen LogP contribution in [0.2, 0.25) is 10.0 Å². The van der Waals surface area contributed by atoms with E-state index < -0.39 is 11.7 Å². The van der Waals surface area contributed by atoms with Gasteiger partial charge in [-0.25, -0.2) is 4.39 Å². The Labute approximate surface area is 106 Å². The monoisotopic (exact) mass is 279 g/mol. The first kappa shape index (κ1) is 13.5. The van der Waals surface area contributed by atoms with Crippen molar-refractivity contribution in [2.24, 2.45) is 10.9 Å². The van der Waals surface area contributed by atoms with Crippen molar-refractivity contribution < 1.29 is 14.4 Å². The van der Waals surface area contributed by atoms with Gasteiger partial charge in [-0.1, -0.05) is 28.4 Å². The van der Waals surface area contributed by atoms with Crippen LogP contribution in [0.1, 0.15) is 6.42 Å². The molecule has 1 amide bonds. The van der Waals surface area contributed by atoms with Gasteiger partial charge in [-0.3, -0.25) is 4.79 Å². The van der Waals surface area contributed by atoms with Crippen LogP contribution in [0.25, 0.3) is 0 Å². The van der Waals surface area contributed by atoms with Crippen LogP contribution in [0, 0.1) is 5.82 Å². The van der Waals surface area contributed by atoms with E-state index in [1.807, 2.05) is 0 Å². The van der Waals surface area contributed by atoms with Gasteiger partial charge in [0, 0.05) is 0 Å². The van der Waals surface area contributed by atoms with Gasteiger partial charge in [0.2, 0.25) is 5.91 Å². The Bertz CT molecular complexity index is 456. The van der Waals surface area contributed by atoms with Gasteiger partial charge in [0.1, 0.15) is 11.7 Å². The van der Waals surface area contributed by atoms with E-state index in [2.05, 4.69) is 10.5 Å². The highest BCUT2D eigenvalue weighted by Crippen LogP contribution is 2.31. The van der Waals surface area contributed by atoms with Crippen LogP contribution < -0.4 is 11.1 Å². The van der Waals surface area contributed by atoms with Gasteiger partial charge in [-0.15, -0.1) is 0 Å². The molecule has 5 nitrogen and oxygen atoms in total. The maximum Gasteiger partial charge on any atom is 0.232 e. The summed E-state index contributed by atoms with van der Waals surface area (Å²) in [7, 11) is 0. The van der Waals surface area contributed by atoms with E-state index in [1.165, 1.54) is 0 Å². The standard InChI is InChI=1S/C9H8Cl2FN3O2/c10-5-1-4(12)2-6(11)9(5)14-8(16)3-7(13)15-17/h1-2,17H,3H2,(H2,13,15)(H,14,16). The van der Waals surface area contributed by atoms with E-state index in [0.29, 0.717) is 0 Å². The average molecular weight is 280 g/mol. The first-order valence-corrected chi connectivity index (χ1v) is 5.10. The molecule has 17 heavy (non-hydrogen) atoms. The third-order valence-corrected chi connectivity index (χ3v) is 2.34. The fraction of sp³-hybridized carbons (Fsp3) is 0.111. The quantitative estimate of drug-likeness (QED) is 0.343. The second kappa shape index (κ2) is 5.70. The fourth-order valence-corrected chi connectivity index (χ4v) is 1.60. The first-order chi connectivity index (χ1) is 7.93. The van der Waals surface area contributed by atoms with Crippen molar-refractivity contribution in [3.63, 3.8) is 0 Å². The number of benzene rings is 1. The van der Waals surface area contributed by atoms with Crippen LogP contribution in [-0.4, -0.2) is 17.0 Å². The Kier molecular flexibility index (Phi) is 4.53. The second-order valence-electron chi connectivity index (χ2n) is 3.06. The summed E-state index contributed by atoms with van der Waals surface area (Å²) in [6.45, 7) is 0. The number of carbonyl (C=O) groups excluding carboxylic acids is 1. The second-order valence-corrected chi connectivity index (χ2v) is 3.88. The number of anilines is 1. The number of nitrogens with one attached hydrogen (secondary N) is 1. The third kappa shape index (κ3) is 3.76. The molecule has 8 heteroatoms. The van der Waals surface area contributed by atoms with Crippen LogP contribution in [0.5, 0.6) is 0 Å². The normalized spacial score (nSPS) is 11.4. The lowest BCUT2D eigenvalue weighted by Gasteiger charge is -2.08. The number of amidine groups is 1. The molecule has 0 aliphatic carbocycles. The zero-order chi connectivity index (χ0) is 13.0. The maximum atomic E-state index is 12.9. The van der Waals surface area contributed by atoms with Gasteiger partial charge >= 0.3 is 0 Å². The Morgan fingerprint density at radius 1 is 1.47 bits per heavy atom. The van der Waals surface area contributed by atoms with E-state index in [9.17, 15) is 9.18 Å². The number of hydrogen-bond donors (Lipinski definition) is 3. The molecule has 0 heterocycles. The van der Waals surface area contributed by atoms with E-state index in [1.54, 1.807) is 0 Å². The molecular weight excluding hydrogens is 272 g/mol. The van der Waals surface area contributed by atoms with Crippen molar-refractivity contribution in [1.29, 1.82) is 0 Å². The molecule has 0 aliphatic heterocycles. The zero-order valence-corrected chi connectivity index (χ0v) is 9.89. The molecule has 0 aromatic heterocycles. The van der Waals surface area contributed by atoms with E-state index in [0.717, 1.165) is 12.1 Å². The highest BCUT2D eigenvalue weighted by molar-refractivity contribution is 6.39. The van der Waals surface area contributed by atoms with Crippen LogP contribution in [0.4, 0.5) is 10.1 Å². The highest BCUT2D eigenvalue weighted by atomic mass is 35.5. The van der Waals surface area contributed by atoms with Crippen LogP contribution in [-0.2, 0) is 4.79 Å². The summed E-state index contributed by atoms with van der Waals surface area (Å²) in [6.07, 6.45) is -0.333. The fourth-order valence-electron chi connectivity index (χ4n) is 1.05. The molecule has 0 unspecified atom stereocenters. The largest absolute Gasteiger partial charge is 0.409 e. The summed E-state index contributed by atoms with van der Waals surface area (Å²) in [5, 5.41) is 13.2. The maximum absolute atomic E-state index is 12.9. The molecule has 1 aromatic rings. The summed E-state index contributed by atoms with van der Waals surface area (Å²) in [5.74, 6) is -1.47.